The summed E-state index contributed by atoms with van der Waals surface area (Å²) in [6.07, 6.45) is 4.27. The van der Waals surface area contributed by atoms with Gasteiger partial charge < -0.3 is 10.1 Å². The van der Waals surface area contributed by atoms with E-state index in [4.69, 9.17) is 0 Å². The largest absolute Gasteiger partial charge is 0.468 e. The van der Waals surface area contributed by atoms with Crippen molar-refractivity contribution in [3.05, 3.63) is 23.9 Å². The number of hydrogen-bond donors (Lipinski definition) is 1. The maximum atomic E-state index is 12.3. The van der Waals surface area contributed by atoms with Gasteiger partial charge in [0.2, 0.25) is 11.8 Å². The molecule has 3 rings (SSSR count). The molecule has 138 valence electrons. The number of carbonyl (C=O) groups excluding carboxylic acids is 1. The number of amides is 1. The number of nitrogens with one attached hydrogen (secondary N) is 1. The van der Waals surface area contributed by atoms with E-state index in [1.807, 2.05) is 0 Å². The molecular formula is C18H23F3N2O2. The van der Waals surface area contributed by atoms with Crippen LogP contribution in [0.4, 0.5) is 13.2 Å². The number of ether oxygens (including phenoxy) is 1. The minimum absolute atomic E-state index is 0.0464. The number of rotatable bonds is 6. The average Bonchev–Trinajstić information content (AvgIpc) is 3.39. The SMILES string of the molecule is O=C(NCc1ccnc(OCC(F)(F)F)c1)C1CC1C1CCCCC1. The zero-order valence-electron chi connectivity index (χ0n) is 14.0. The fourth-order valence-corrected chi connectivity index (χ4v) is 3.71. The zero-order valence-corrected chi connectivity index (χ0v) is 14.0. The predicted molar refractivity (Wildman–Crippen MR) is 85.8 cm³/mol. The lowest BCUT2D eigenvalue weighted by Crippen LogP contribution is -2.26. The summed E-state index contributed by atoms with van der Waals surface area (Å²) in [6.45, 7) is -1.10. The summed E-state index contributed by atoms with van der Waals surface area (Å²) in [5, 5.41) is 2.89. The van der Waals surface area contributed by atoms with E-state index in [-0.39, 0.29) is 24.2 Å². The smallest absolute Gasteiger partial charge is 0.422 e. The standard InChI is InChI=1S/C18H23F3N2O2/c19-18(20,21)11-25-16-8-12(6-7-22-16)10-23-17(24)15-9-14(15)13-4-2-1-3-5-13/h6-8,13-15H,1-5,9-11H2,(H,23,24). The number of pyridine rings is 1. The second kappa shape index (κ2) is 7.62. The molecule has 0 saturated heterocycles. The number of aromatic nitrogens is 1. The van der Waals surface area contributed by atoms with Crippen LogP contribution in [0.5, 0.6) is 5.88 Å². The molecule has 0 aliphatic heterocycles. The fourth-order valence-electron chi connectivity index (χ4n) is 3.71. The van der Waals surface area contributed by atoms with Gasteiger partial charge in [-0.15, -0.1) is 0 Å². The number of nitrogens with zero attached hydrogens (tertiary/aromatic N) is 1. The van der Waals surface area contributed by atoms with Crippen molar-refractivity contribution in [1.29, 1.82) is 0 Å². The Bertz CT molecular complexity index is 600. The molecule has 0 radical (unpaired) electrons. The highest BCUT2D eigenvalue weighted by Gasteiger charge is 2.47. The van der Waals surface area contributed by atoms with Crippen molar-refractivity contribution >= 4 is 5.91 Å². The first-order valence-corrected chi connectivity index (χ1v) is 8.84. The van der Waals surface area contributed by atoms with Crippen molar-refractivity contribution in [3.8, 4) is 5.88 Å². The molecule has 1 heterocycles. The molecule has 4 nitrogen and oxygen atoms in total. The van der Waals surface area contributed by atoms with Gasteiger partial charge in [-0.05, 0) is 29.9 Å². The average molecular weight is 356 g/mol. The Morgan fingerprint density at radius 1 is 1.28 bits per heavy atom. The van der Waals surface area contributed by atoms with Crippen LogP contribution in [0.3, 0.4) is 0 Å². The number of hydrogen-bond acceptors (Lipinski definition) is 3. The summed E-state index contributed by atoms with van der Waals surface area (Å²) < 4.78 is 41.1. The molecule has 1 aromatic rings. The van der Waals surface area contributed by atoms with E-state index in [1.54, 1.807) is 6.07 Å². The molecule has 0 spiro atoms. The first-order valence-electron chi connectivity index (χ1n) is 8.84. The van der Waals surface area contributed by atoms with Gasteiger partial charge in [-0.25, -0.2) is 4.98 Å². The van der Waals surface area contributed by atoms with E-state index in [1.165, 1.54) is 44.4 Å². The van der Waals surface area contributed by atoms with Gasteiger partial charge in [0.25, 0.3) is 0 Å². The fraction of sp³-hybridized carbons (Fsp3) is 0.667. The van der Waals surface area contributed by atoms with Crippen LogP contribution in [0.15, 0.2) is 18.3 Å². The summed E-state index contributed by atoms with van der Waals surface area (Å²) >= 11 is 0. The lowest BCUT2D eigenvalue weighted by Gasteiger charge is -2.21. The van der Waals surface area contributed by atoms with Gasteiger partial charge in [-0.3, -0.25) is 4.79 Å². The second-order valence-electron chi connectivity index (χ2n) is 7.03. The summed E-state index contributed by atoms with van der Waals surface area (Å²) in [6, 6.07) is 3.09. The molecular weight excluding hydrogens is 333 g/mol. The third-order valence-corrected chi connectivity index (χ3v) is 5.08. The minimum atomic E-state index is -4.40. The van der Waals surface area contributed by atoms with Crippen molar-refractivity contribution in [2.24, 2.45) is 17.8 Å². The van der Waals surface area contributed by atoms with Crippen LogP contribution in [0.2, 0.25) is 0 Å². The monoisotopic (exact) mass is 356 g/mol. The molecule has 0 aromatic carbocycles. The molecule has 1 aromatic heterocycles. The van der Waals surface area contributed by atoms with Crippen molar-refractivity contribution < 1.29 is 22.7 Å². The molecule has 1 N–H and O–H groups in total. The lowest BCUT2D eigenvalue weighted by molar-refractivity contribution is -0.154. The quantitative estimate of drug-likeness (QED) is 0.842. The molecule has 2 unspecified atom stereocenters. The molecule has 25 heavy (non-hydrogen) atoms. The maximum absolute atomic E-state index is 12.3. The molecule has 2 fully saturated rings. The third kappa shape index (κ3) is 5.34. The van der Waals surface area contributed by atoms with E-state index in [9.17, 15) is 18.0 Å². The van der Waals surface area contributed by atoms with E-state index in [0.29, 0.717) is 17.4 Å². The van der Waals surface area contributed by atoms with Crippen LogP contribution in [0.1, 0.15) is 44.1 Å². The van der Waals surface area contributed by atoms with Crippen molar-refractivity contribution in [2.75, 3.05) is 6.61 Å². The first-order chi connectivity index (χ1) is 11.9. The van der Waals surface area contributed by atoms with Crippen molar-refractivity contribution in [1.82, 2.24) is 10.3 Å². The van der Waals surface area contributed by atoms with Crippen molar-refractivity contribution in [2.45, 2.75) is 51.2 Å². The van der Waals surface area contributed by atoms with Gasteiger partial charge in [-0.2, -0.15) is 13.2 Å². The summed E-state index contributed by atoms with van der Waals surface area (Å²) in [7, 11) is 0. The molecule has 0 bridgehead atoms. The van der Waals surface area contributed by atoms with Gasteiger partial charge >= 0.3 is 6.18 Å². The van der Waals surface area contributed by atoms with Crippen LogP contribution in [0, 0.1) is 17.8 Å². The molecule has 7 heteroatoms. The molecule has 2 saturated carbocycles. The molecule has 2 atom stereocenters. The molecule has 2 aliphatic rings. The second-order valence-corrected chi connectivity index (χ2v) is 7.03. The van der Waals surface area contributed by atoms with Gasteiger partial charge in [-0.1, -0.05) is 32.1 Å². The van der Waals surface area contributed by atoms with Gasteiger partial charge in [0.05, 0.1) is 0 Å². The van der Waals surface area contributed by atoms with Crippen LogP contribution in [0.25, 0.3) is 0 Å². The summed E-state index contributed by atoms with van der Waals surface area (Å²) in [5.41, 5.74) is 0.676. The molecule has 2 aliphatic carbocycles. The van der Waals surface area contributed by atoms with Crippen molar-refractivity contribution in [3.63, 3.8) is 0 Å². The van der Waals surface area contributed by atoms with Crippen LogP contribution in [-0.2, 0) is 11.3 Å². The number of halogens is 3. The first kappa shape index (κ1) is 18.0. The normalized spacial score (nSPS) is 24.0. The Morgan fingerprint density at radius 2 is 2.04 bits per heavy atom. The van der Waals surface area contributed by atoms with Gasteiger partial charge in [0.1, 0.15) is 0 Å². The summed E-state index contributed by atoms with van der Waals surface area (Å²) in [4.78, 5) is 16.0. The number of carbonyl (C=O) groups is 1. The van der Waals surface area contributed by atoms with Gasteiger partial charge in [0.15, 0.2) is 6.61 Å². The van der Waals surface area contributed by atoms with Crippen LogP contribution in [-0.4, -0.2) is 23.7 Å². The van der Waals surface area contributed by atoms with Crippen LogP contribution < -0.4 is 10.1 Å². The Kier molecular flexibility index (Phi) is 5.49. The Hall–Kier alpha value is -1.79. The van der Waals surface area contributed by atoms with E-state index in [2.05, 4.69) is 15.0 Å². The van der Waals surface area contributed by atoms with E-state index >= 15 is 0 Å². The van der Waals surface area contributed by atoms with E-state index in [0.717, 1.165) is 6.42 Å². The highest BCUT2D eigenvalue weighted by molar-refractivity contribution is 5.81. The topological polar surface area (TPSA) is 51.2 Å². The van der Waals surface area contributed by atoms with Crippen LogP contribution >= 0.6 is 0 Å². The Labute approximate surface area is 145 Å². The Balaban J connectivity index is 1.45. The highest BCUT2D eigenvalue weighted by Crippen LogP contribution is 2.49. The minimum Gasteiger partial charge on any atom is -0.468 e. The lowest BCUT2D eigenvalue weighted by atomic mass is 9.85. The molecule has 1 amide bonds. The zero-order chi connectivity index (χ0) is 17.9. The van der Waals surface area contributed by atoms with E-state index < -0.39 is 12.8 Å². The van der Waals surface area contributed by atoms with Gasteiger partial charge in [0, 0.05) is 24.7 Å². The Morgan fingerprint density at radius 3 is 2.76 bits per heavy atom. The highest BCUT2D eigenvalue weighted by atomic mass is 19.4. The number of alkyl halides is 3. The maximum Gasteiger partial charge on any atom is 0.422 e. The summed E-state index contributed by atoms with van der Waals surface area (Å²) in [5.74, 6) is 1.27. The predicted octanol–water partition coefficient (Wildman–Crippen LogP) is 3.86. The third-order valence-electron chi connectivity index (χ3n) is 5.08.